The summed E-state index contributed by atoms with van der Waals surface area (Å²) in [7, 11) is 0. The number of ether oxygens (including phenoxy) is 2. The second-order valence-corrected chi connectivity index (χ2v) is 8.49. The van der Waals surface area contributed by atoms with Crippen LogP contribution in [0.25, 0.3) is 0 Å². The van der Waals surface area contributed by atoms with Crippen LogP contribution in [0, 0.1) is 11.8 Å². The van der Waals surface area contributed by atoms with E-state index in [1.807, 2.05) is 18.2 Å². The molecule has 0 radical (unpaired) electrons. The molecule has 7 nitrogen and oxygen atoms in total. The summed E-state index contributed by atoms with van der Waals surface area (Å²) in [5.74, 6) is 2.75. The highest BCUT2D eigenvalue weighted by Gasteiger charge is 2.12. The maximum absolute atomic E-state index is 9.36. The van der Waals surface area contributed by atoms with Crippen molar-refractivity contribution >= 4 is 5.96 Å². The molecule has 176 valence electrons. The van der Waals surface area contributed by atoms with Crippen LogP contribution in [0.1, 0.15) is 39.2 Å². The van der Waals surface area contributed by atoms with Gasteiger partial charge in [-0.3, -0.25) is 4.90 Å². The Morgan fingerprint density at radius 3 is 2.71 bits per heavy atom. The minimum atomic E-state index is 0.224. The molecular weight excluding hydrogens is 392 g/mol. The van der Waals surface area contributed by atoms with E-state index in [0.717, 1.165) is 76.1 Å². The van der Waals surface area contributed by atoms with Gasteiger partial charge in [-0.1, -0.05) is 32.0 Å². The summed E-state index contributed by atoms with van der Waals surface area (Å²) < 4.78 is 11.5. The Balaban J connectivity index is 1.90. The van der Waals surface area contributed by atoms with E-state index in [9.17, 15) is 5.11 Å². The molecule has 0 amide bonds. The molecule has 0 spiro atoms. The molecule has 1 aliphatic heterocycles. The van der Waals surface area contributed by atoms with Crippen LogP contribution in [-0.4, -0.2) is 75.1 Å². The lowest BCUT2D eigenvalue weighted by Crippen LogP contribution is -2.40. The number of aliphatic imine (C=N–C) groups is 1. The molecule has 3 N–H and O–H groups in total. The van der Waals surface area contributed by atoms with Crippen LogP contribution in [0.3, 0.4) is 0 Å². The Morgan fingerprint density at radius 1 is 1.23 bits per heavy atom. The first-order chi connectivity index (χ1) is 15.1. The fraction of sp³-hybridized carbons (Fsp3) is 0.708. The molecule has 1 saturated heterocycles. The van der Waals surface area contributed by atoms with Crippen LogP contribution in [0.15, 0.2) is 29.3 Å². The van der Waals surface area contributed by atoms with E-state index >= 15 is 0 Å². The monoisotopic (exact) mass is 434 g/mol. The lowest BCUT2D eigenvalue weighted by molar-refractivity contribution is 0.0322. The lowest BCUT2D eigenvalue weighted by Gasteiger charge is -2.26. The SMILES string of the molecule is CCNC(=NCc1ccccc1OCCN1CCOCC1)NCC(CCO)CC(C)C. The predicted octanol–water partition coefficient (Wildman–Crippen LogP) is 2.50. The lowest BCUT2D eigenvalue weighted by atomic mass is 9.94. The van der Waals surface area contributed by atoms with Gasteiger partial charge in [0.15, 0.2) is 5.96 Å². The van der Waals surface area contributed by atoms with E-state index in [0.29, 0.717) is 25.0 Å². The smallest absolute Gasteiger partial charge is 0.191 e. The number of hydrogen-bond acceptors (Lipinski definition) is 5. The van der Waals surface area contributed by atoms with Gasteiger partial charge in [-0.15, -0.1) is 0 Å². The Hall–Kier alpha value is -1.83. The highest BCUT2D eigenvalue weighted by molar-refractivity contribution is 5.79. The van der Waals surface area contributed by atoms with Gasteiger partial charge in [0.05, 0.1) is 19.8 Å². The molecule has 1 aromatic carbocycles. The maximum atomic E-state index is 9.36. The molecule has 0 bridgehead atoms. The van der Waals surface area contributed by atoms with Crippen LogP contribution < -0.4 is 15.4 Å². The van der Waals surface area contributed by atoms with Crippen molar-refractivity contribution in [2.45, 2.75) is 40.2 Å². The quantitative estimate of drug-likeness (QED) is 0.327. The van der Waals surface area contributed by atoms with Crippen LogP contribution in [-0.2, 0) is 11.3 Å². The van der Waals surface area contributed by atoms with E-state index in [-0.39, 0.29) is 6.61 Å². The summed E-state index contributed by atoms with van der Waals surface area (Å²) in [6.45, 7) is 14.0. The van der Waals surface area contributed by atoms with Crippen molar-refractivity contribution in [3.63, 3.8) is 0 Å². The summed E-state index contributed by atoms with van der Waals surface area (Å²) in [5, 5.41) is 16.1. The zero-order valence-corrected chi connectivity index (χ0v) is 19.6. The first-order valence-corrected chi connectivity index (χ1v) is 11.8. The average molecular weight is 435 g/mol. The molecule has 0 saturated carbocycles. The number of aliphatic hydroxyl groups excluding tert-OH is 1. The zero-order valence-electron chi connectivity index (χ0n) is 19.6. The molecule has 1 atom stereocenters. The Labute approximate surface area is 188 Å². The molecule has 0 aromatic heterocycles. The molecule has 7 heteroatoms. The van der Waals surface area contributed by atoms with Crippen molar-refractivity contribution in [3.8, 4) is 5.75 Å². The van der Waals surface area contributed by atoms with E-state index in [2.05, 4.69) is 42.4 Å². The third-order valence-electron chi connectivity index (χ3n) is 5.39. The van der Waals surface area contributed by atoms with E-state index in [4.69, 9.17) is 14.5 Å². The number of para-hydroxylation sites is 1. The van der Waals surface area contributed by atoms with Crippen molar-refractivity contribution < 1.29 is 14.6 Å². The number of nitrogens with zero attached hydrogens (tertiary/aromatic N) is 2. The van der Waals surface area contributed by atoms with Crippen LogP contribution in [0.4, 0.5) is 0 Å². The number of rotatable bonds is 13. The minimum Gasteiger partial charge on any atom is -0.492 e. The third-order valence-corrected chi connectivity index (χ3v) is 5.39. The predicted molar refractivity (Wildman–Crippen MR) is 127 cm³/mol. The molecule has 1 unspecified atom stereocenters. The minimum absolute atomic E-state index is 0.224. The molecular formula is C24H42N4O3. The molecule has 31 heavy (non-hydrogen) atoms. The molecule has 1 heterocycles. The fourth-order valence-electron chi connectivity index (χ4n) is 3.78. The van der Waals surface area contributed by atoms with Gasteiger partial charge in [0.25, 0.3) is 0 Å². The number of nitrogens with one attached hydrogen (secondary N) is 2. The van der Waals surface area contributed by atoms with Gasteiger partial charge >= 0.3 is 0 Å². The molecule has 2 rings (SSSR count). The standard InChI is InChI=1S/C24H42N4O3/c1-4-25-24(26-18-21(9-13-29)17-20(2)3)27-19-22-7-5-6-8-23(22)31-16-12-28-10-14-30-15-11-28/h5-8,20-21,29H,4,9-19H2,1-3H3,(H2,25,26,27). The first-order valence-electron chi connectivity index (χ1n) is 11.8. The topological polar surface area (TPSA) is 78.4 Å². The summed E-state index contributed by atoms with van der Waals surface area (Å²) in [6.07, 6.45) is 1.90. The maximum Gasteiger partial charge on any atom is 0.191 e. The van der Waals surface area contributed by atoms with Gasteiger partial charge in [-0.2, -0.15) is 0 Å². The summed E-state index contributed by atoms with van der Waals surface area (Å²) >= 11 is 0. The Kier molecular flexibility index (Phi) is 12.3. The normalized spacial score (nSPS) is 16.4. The second-order valence-electron chi connectivity index (χ2n) is 8.49. The van der Waals surface area contributed by atoms with Crippen molar-refractivity contribution in [1.82, 2.24) is 15.5 Å². The van der Waals surface area contributed by atoms with E-state index in [1.165, 1.54) is 0 Å². The van der Waals surface area contributed by atoms with Crippen LogP contribution >= 0.6 is 0 Å². The van der Waals surface area contributed by atoms with Crippen molar-refractivity contribution in [2.75, 3.05) is 59.2 Å². The van der Waals surface area contributed by atoms with Crippen LogP contribution in [0.2, 0.25) is 0 Å². The number of benzene rings is 1. The first kappa shape index (κ1) is 25.4. The highest BCUT2D eigenvalue weighted by Crippen LogP contribution is 2.19. The third kappa shape index (κ3) is 10.4. The largest absolute Gasteiger partial charge is 0.492 e. The molecule has 1 aromatic rings. The van der Waals surface area contributed by atoms with Gasteiger partial charge in [0.1, 0.15) is 12.4 Å². The summed E-state index contributed by atoms with van der Waals surface area (Å²) in [4.78, 5) is 7.15. The highest BCUT2D eigenvalue weighted by atomic mass is 16.5. The number of aliphatic hydroxyl groups is 1. The van der Waals surface area contributed by atoms with Gasteiger partial charge in [-0.25, -0.2) is 4.99 Å². The Bertz CT molecular complexity index is 633. The van der Waals surface area contributed by atoms with Crippen LogP contribution in [0.5, 0.6) is 5.75 Å². The van der Waals surface area contributed by atoms with Crippen molar-refractivity contribution in [2.24, 2.45) is 16.8 Å². The fourth-order valence-corrected chi connectivity index (χ4v) is 3.78. The average Bonchev–Trinajstić information content (AvgIpc) is 2.77. The Morgan fingerprint density at radius 2 is 2.00 bits per heavy atom. The van der Waals surface area contributed by atoms with E-state index in [1.54, 1.807) is 0 Å². The number of hydrogen-bond donors (Lipinski definition) is 3. The zero-order chi connectivity index (χ0) is 22.3. The van der Waals surface area contributed by atoms with Crippen molar-refractivity contribution in [3.05, 3.63) is 29.8 Å². The van der Waals surface area contributed by atoms with Gasteiger partial charge in [0, 0.05) is 44.9 Å². The van der Waals surface area contributed by atoms with Gasteiger partial charge < -0.3 is 25.2 Å². The molecule has 1 aliphatic rings. The summed E-state index contributed by atoms with van der Waals surface area (Å²) in [6, 6.07) is 8.13. The van der Waals surface area contributed by atoms with Gasteiger partial charge in [-0.05, 0) is 37.7 Å². The second kappa shape index (κ2) is 15.1. The summed E-state index contributed by atoms with van der Waals surface area (Å²) in [5.41, 5.74) is 1.08. The van der Waals surface area contributed by atoms with Crippen molar-refractivity contribution in [1.29, 1.82) is 0 Å². The number of guanidine groups is 1. The molecule has 0 aliphatic carbocycles. The molecule has 1 fully saturated rings. The van der Waals surface area contributed by atoms with E-state index < -0.39 is 0 Å². The van der Waals surface area contributed by atoms with Gasteiger partial charge in [0.2, 0.25) is 0 Å². The number of morpholine rings is 1.